The van der Waals surface area contributed by atoms with E-state index in [1.54, 1.807) is 13.8 Å². The molecule has 0 saturated heterocycles. The molecule has 12 nitrogen and oxygen atoms in total. The van der Waals surface area contributed by atoms with E-state index in [-0.39, 0.29) is 30.7 Å². The summed E-state index contributed by atoms with van der Waals surface area (Å²) in [6.45, 7) is 6.64. The van der Waals surface area contributed by atoms with Gasteiger partial charge in [0.05, 0.1) is 0 Å². The van der Waals surface area contributed by atoms with Crippen LogP contribution in [-0.2, 0) is 28.8 Å². The molecule has 0 aromatic heterocycles. The average molecular weight is 527 g/mol. The van der Waals surface area contributed by atoms with Crippen LogP contribution >= 0.6 is 0 Å². The highest BCUT2D eigenvalue weighted by molar-refractivity contribution is 5.94. The minimum atomic E-state index is -1.31. The average Bonchev–Trinajstić information content (AvgIpc) is 2.82. The van der Waals surface area contributed by atoms with Crippen molar-refractivity contribution < 1.29 is 39.0 Å². The maximum atomic E-state index is 13.1. The topological polar surface area (TPSA) is 191 Å². The predicted molar refractivity (Wildman–Crippen MR) is 134 cm³/mol. The van der Waals surface area contributed by atoms with Gasteiger partial charge in [-0.05, 0) is 44.4 Å². The van der Waals surface area contributed by atoms with Crippen molar-refractivity contribution in [1.82, 2.24) is 21.3 Å². The number of hydrogen-bond acceptors (Lipinski definition) is 6. The number of aliphatic carboxylic acids is 2. The molecule has 4 unspecified atom stereocenters. The molecule has 0 spiro atoms. The van der Waals surface area contributed by atoms with Crippen LogP contribution in [0.3, 0.4) is 0 Å². The van der Waals surface area contributed by atoms with Crippen molar-refractivity contribution in [3.63, 3.8) is 0 Å². The number of carboxylic acid groups (broad SMARTS) is 2. The zero-order valence-electron chi connectivity index (χ0n) is 22.2. The van der Waals surface area contributed by atoms with E-state index in [9.17, 15) is 28.8 Å². The summed E-state index contributed by atoms with van der Waals surface area (Å²) in [6.07, 6.45) is 4.16. The summed E-state index contributed by atoms with van der Waals surface area (Å²) in [4.78, 5) is 72.6. The Kier molecular flexibility index (Phi) is 13.6. The van der Waals surface area contributed by atoms with E-state index in [0.29, 0.717) is 5.92 Å². The van der Waals surface area contributed by atoms with Crippen LogP contribution in [0.5, 0.6) is 0 Å². The molecule has 1 rings (SSSR count). The van der Waals surface area contributed by atoms with Crippen LogP contribution in [0.2, 0.25) is 0 Å². The number of amides is 4. The molecule has 0 aliphatic heterocycles. The van der Waals surface area contributed by atoms with Crippen molar-refractivity contribution in [1.29, 1.82) is 0 Å². The first-order valence-electron chi connectivity index (χ1n) is 12.9. The monoisotopic (exact) mass is 526 g/mol. The molecule has 37 heavy (non-hydrogen) atoms. The Hall–Kier alpha value is -3.18. The fourth-order valence-electron chi connectivity index (χ4n) is 4.45. The molecule has 6 N–H and O–H groups in total. The summed E-state index contributed by atoms with van der Waals surface area (Å²) in [5.41, 5.74) is 0. The van der Waals surface area contributed by atoms with Gasteiger partial charge in [-0.25, -0.2) is 0 Å². The first kappa shape index (κ1) is 31.8. The third-order valence-electron chi connectivity index (χ3n) is 6.59. The SMILES string of the molecule is CC(=O)NC(CCC(=O)O)C(=O)NC(CCC(=O)O)C(=O)NC(C(=O)NC(C)C1CCCCC1)C(C)C. The van der Waals surface area contributed by atoms with Gasteiger partial charge in [0.2, 0.25) is 23.6 Å². The van der Waals surface area contributed by atoms with Crippen LogP contribution in [0.15, 0.2) is 0 Å². The van der Waals surface area contributed by atoms with Crippen LogP contribution in [0.25, 0.3) is 0 Å². The molecule has 0 aromatic carbocycles. The fraction of sp³-hybridized carbons (Fsp3) is 0.760. The molecule has 210 valence electrons. The van der Waals surface area contributed by atoms with Crippen LogP contribution in [-0.4, -0.2) is 69.9 Å². The van der Waals surface area contributed by atoms with Gasteiger partial charge >= 0.3 is 11.9 Å². The zero-order chi connectivity index (χ0) is 28.1. The molecule has 12 heteroatoms. The van der Waals surface area contributed by atoms with Gasteiger partial charge in [0.25, 0.3) is 0 Å². The standard InChI is InChI=1S/C25H42N4O8/c1-14(2)22(25(37)26-15(3)17-8-6-5-7-9-17)29-24(36)19(11-13-21(33)34)28-23(35)18(27-16(4)30)10-12-20(31)32/h14-15,17-19,22H,5-13H2,1-4H3,(H,26,37)(H,27,30)(H,28,35)(H,29,36)(H,31,32)(H,33,34). The van der Waals surface area contributed by atoms with Gasteiger partial charge in [-0.1, -0.05) is 33.1 Å². The Morgan fingerprint density at radius 3 is 1.65 bits per heavy atom. The van der Waals surface area contributed by atoms with Gasteiger partial charge in [0, 0.05) is 25.8 Å². The second-order valence-electron chi connectivity index (χ2n) is 10.1. The van der Waals surface area contributed by atoms with Crippen molar-refractivity contribution >= 4 is 35.6 Å². The fourth-order valence-corrected chi connectivity index (χ4v) is 4.45. The molecule has 0 aromatic rings. The first-order chi connectivity index (χ1) is 17.3. The van der Waals surface area contributed by atoms with E-state index in [4.69, 9.17) is 10.2 Å². The lowest BCUT2D eigenvalue weighted by Crippen LogP contribution is -2.58. The van der Waals surface area contributed by atoms with Crippen molar-refractivity contribution in [2.75, 3.05) is 0 Å². The second kappa shape index (κ2) is 15.8. The van der Waals surface area contributed by atoms with Crippen molar-refractivity contribution in [2.45, 2.75) is 110 Å². The molecule has 1 fully saturated rings. The van der Waals surface area contributed by atoms with E-state index in [0.717, 1.165) is 32.6 Å². The smallest absolute Gasteiger partial charge is 0.303 e. The lowest BCUT2D eigenvalue weighted by atomic mass is 9.84. The van der Waals surface area contributed by atoms with Gasteiger partial charge in [-0.2, -0.15) is 0 Å². The van der Waals surface area contributed by atoms with Gasteiger partial charge in [0.1, 0.15) is 18.1 Å². The Labute approximate surface area is 217 Å². The van der Waals surface area contributed by atoms with Crippen LogP contribution < -0.4 is 21.3 Å². The Balaban J connectivity index is 2.96. The Morgan fingerprint density at radius 1 is 0.703 bits per heavy atom. The normalized spacial score (nSPS) is 17.1. The molecule has 1 aliphatic rings. The van der Waals surface area contributed by atoms with E-state index in [1.165, 1.54) is 6.42 Å². The molecule has 1 aliphatic carbocycles. The van der Waals surface area contributed by atoms with Gasteiger partial charge in [-0.15, -0.1) is 0 Å². The van der Waals surface area contributed by atoms with E-state index in [2.05, 4.69) is 21.3 Å². The minimum Gasteiger partial charge on any atom is -0.481 e. The van der Waals surface area contributed by atoms with Crippen LogP contribution in [0, 0.1) is 11.8 Å². The molecular weight excluding hydrogens is 484 g/mol. The molecule has 0 bridgehead atoms. The number of hydrogen-bond donors (Lipinski definition) is 6. The van der Waals surface area contributed by atoms with Gasteiger partial charge < -0.3 is 31.5 Å². The number of rotatable bonds is 15. The van der Waals surface area contributed by atoms with Crippen molar-refractivity contribution in [3.05, 3.63) is 0 Å². The van der Waals surface area contributed by atoms with Crippen molar-refractivity contribution in [2.24, 2.45) is 11.8 Å². The largest absolute Gasteiger partial charge is 0.481 e. The molecule has 0 radical (unpaired) electrons. The summed E-state index contributed by atoms with van der Waals surface area (Å²) in [5.74, 6) is -4.77. The van der Waals surface area contributed by atoms with Crippen molar-refractivity contribution in [3.8, 4) is 0 Å². The summed E-state index contributed by atoms with van der Waals surface area (Å²) in [6, 6.07) is -3.52. The zero-order valence-corrected chi connectivity index (χ0v) is 22.2. The highest BCUT2D eigenvalue weighted by Gasteiger charge is 2.32. The predicted octanol–water partition coefficient (Wildman–Crippen LogP) is 0.931. The van der Waals surface area contributed by atoms with Crippen LogP contribution in [0.1, 0.15) is 85.5 Å². The van der Waals surface area contributed by atoms with Gasteiger partial charge in [-0.3, -0.25) is 28.8 Å². The van der Waals surface area contributed by atoms with Gasteiger partial charge in [0.15, 0.2) is 0 Å². The maximum absolute atomic E-state index is 13.1. The third kappa shape index (κ3) is 12.1. The number of nitrogens with one attached hydrogen (secondary N) is 4. The molecule has 4 amide bonds. The molecular formula is C25H42N4O8. The molecule has 0 heterocycles. The second-order valence-corrected chi connectivity index (χ2v) is 10.1. The maximum Gasteiger partial charge on any atom is 0.303 e. The summed E-state index contributed by atoms with van der Waals surface area (Å²) in [5, 5.41) is 28.4. The Bertz CT molecular complexity index is 826. The Morgan fingerprint density at radius 2 is 1.19 bits per heavy atom. The first-order valence-corrected chi connectivity index (χ1v) is 12.9. The van der Waals surface area contributed by atoms with Crippen LogP contribution in [0.4, 0.5) is 0 Å². The highest BCUT2D eigenvalue weighted by atomic mass is 16.4. The quantitative estimate of drug-likeness (QED) is 0.181. The number of carbonyl (C=O) groups excluding carboxylic acids is 4. The third-order valence-corrected chi connectivity index (χ3v) is 6.59. The lowest BCUT2D eigenvalue weighted by Gasteiger charge is -2.31. The van der Waals surface area contributed by atoms with E-state index < -0.39 is 60.6 Å². The molecule has 1 saturated carbocycles. The summed E-state index contributed by atoms with van der Waals surface area (Å²) < 4.78 is 0. The van der Waals surface area contributed by atoms with E-state index >= 15 is 0 Å². The summed E-state index contributed by atoms with van der Waals surface area (Å²) >= 11 is 0. The summed E-state index contributed by atoms with van der Waals surface area (Å²) in [7, 11) is 0. The highest BCUT2D eigenvalue weighted by Crippen LogP contribution is 2.26. The molecule has 4 atom stereocenters. The number of carboxylic acids is 2. The lowest BCUT2D eigenvalue weighted by molar-refractivity contribution is -0.140. The number of carbonyl (C=O) groups is 6. The minimum absolute atomic E-state index is 0.0684. The van der Waals surface area contributed by atoms with E-state index in [1.807, 2.05) is 6.92 Å².